The third-order valence-corrected chi connectivity index (χ3v) is 4.77. The van der Waals surface area contributed by atoms with Crippen molar-refractivity contribution in [2.24, 2.45) is 10.7 Å². The predicted molar refractivity (Wildman–Crippen MR) is 97.9 cm³/mol. The summed E-state index contributed by atoms with van der Waals surface area (Å²) >= 11 is 0. The molecule has 2 fully saturated rings. The van der Waals surface area contributed by atoms with Crippen LogP contribution in [0.1, 0.15) is 26.2 Å². The molecule has 2 aliphatic heterocycles. The fourth-order valence-corrected chi connectivity index (χ4v) is 3.58. The zero-order chi connectivity index (χ0) is 17.8. The Balaban J connectivity index is 1.74. The Morgan fingerprint density at radius 3 is 3.12 bits per heavy atom. The number of likely N-dealkylation sites (tertiary alicyclic amines) is 1. The van der Waals surface area contributed by atoms with Crippen LogP contribution in [0.25, 0.3) is 0 Å². The van der Waals surface area contributed by atoms with Crippen molar-refractivity contribution < 1.29 is 4.79 Å². The van der Waals surface area contributed by atoms with Crippen LogP contribution < -0.4 is 16.4 Å². The van der Waals surface area contributed by atoms with E-state index in [4.69, 9.17) is 5.73 Å². The number of nitrogens with zero attached hydrogens (tertiary/aromatic N) is 3. The lowest BCUT2D eigenvalue weighted by Gasteiger charge is -2.39. The van der Waals surface area contributed by atoms with Crippen LogP contribution >= 0.6 is 0 Å². The standard InChI is InChI=1S/C17H25N7O/c1-11(24-7-3-4-14-15(24)5-6-19-14)8-20-16(17(18)25)12(2)23-13-9-21-22-10-13/h8-10,14-15,19,23H,2-7H2,1H3,(H2,18,25)(H,21,22)/b11-8+,20-16?. The summed E-state index contributed by atoms with van der Waals surface area (Å²) in [5.41, 5.74) is 7.65. The molecule has 0 aliphatic carbocycles. The van der Waals surface area contributed by atoms with E-state index in [0.29, 0.717) is 23.5 Å². The summed E-state index contributed by atoms with van der Waals surface area (Å²) in [6, 6.07) is 1.05. The molecule has 0 spiro atoms. The molecule has 1 aromatic heterocycles. The quantitative estimate of drug-likeness (QED) is 0.575. The third-order valence-electron chi connectivity index (χ3n) is 4.77. The SMILES string of the molecule is C=C(Nc1cn[nH]c1)C(=N/C=C(\C)N1CCCC2NCCC21)C(N)=O. The molecule has 0 bridgehead atoms. The fraction of sp³-hybridized carbons (Fsp3) is 0.471. The molecule has 3 rings (SSSR count). The molecule has 8 heteroatoms. The van der Waals surface area contributed by atoms with Crippen LogP contribution in [-0.2, 0) is 4.79 Å². The van der Waals surface area contributed by atoms with E-state index < -0.39 is 5.91 Å². The number of fused-ring (bicyclic) bond motifs is 1. The number of aromatic amines is 1. The maximum absolute atomic E-state index is 11.8. The number of nitrogens with one attached hydrogen (secondary N) is 3. The smallest absolute Gasteiger partial charge is 0.269 e. The van der Waals surface area contributed by atoms with Crippen molar-refractivity contribution in [1.82, 2.24) is 20.4 Å². The van der Waals surface area contributed by atoms with E-state index in [-0.39, 0.29) is 5.71 Å². The van der Waals surface area contributed by atoms with Crippen LogP contribution in [0.3, 0.4) is 0 Å². The number of anilines is 1. The summed E-state index contributed by atoms with van der Waals surface area (Å²) in [6.45, 7) is 7.95. The number of allylic oxidation sites excluding steroid dienone is 1. The Morgan fingerprint density at radius 1 is 1.56 bits per heavy atom. The molecule has 2 atom stereocenters. The summed E-state index contributed by atoms with van der Waals surface area (Å²) in [5.74, 6) is -0.621. The first-order chi connectivity index (χ1) is 12.1. The van der Waals surface area contributed by atoms with Gasteiger partial charge in [0.15, 0.2) is 5.71 Å². The minimum absolute atomic E-state index is 0.110. The summed E-state index contributed by atoms with van der Waals surface area (Å²) in [7, 11) is 0. The zero-order valence-electron chi connectivity index (χ0n) is 14.5. The second kappa shape index (κ2) is 7.52. The second-order valence-corrected chi connectivity index (χ2v) is 6.46. The van der Waals surface area contributed by atoms with E-state index in [9.17, 15) is 4.79 Å². The molecular formula is C17H25N7O. The lowest BCUT2D eigenvalue weighted by atomic mass is 9.97. The van der Waals surface area contributed by atoms with E-state index in [1.165, 1.54) is 6.42 Å². The minimum Gasteiger partial charge on any atom is -0.369 e. The average molecular weight is 343 g/mol. The van der Waals surface area contributed by atoms with E-state index in [0.717, 1.165) is 31.6 Å². The van der Waals surface area contributed by atoms with Crippen molar-refractivity contribution in [3.63, 3.8) is 0 Å². The zero-order valence-corrected chi connectivity index (χ0v) is 14.5. The van der Waals surface area contributed by atoms with Gasteiger partial charge in [-0.2, -0.15) is 5.10 Å². The molecule has 25 heavy (non-hydrogen) atoms. The van der Waals surface area contributed by atoms with Gasteiger partial charge in [-0.05, 0) is 32.7 Å². The van der Waals surface area contributed by atoms with Gasteiger partial charge in [0.25, 0.3) is 5.91 Å². The summed E-state index contributed by atoms with van der Waals surface area (Å²) < 4.78 is 0. The molecule has 2 saturated heterocycles. The largest absolute Gasteiger partial charge is 0.369 e. The highest BCUT2D eigenvalue weighted by atomic mass is 16.1. The number of aromatic nitrogens is 2. The van der Waals surface area contributed by atoms with Crippen molar-refractivity contribution in [3.8, 4) is 0 Å². The van der Waals surface area contributed by atoms with E-state index in [2.05, 4.69) is 37.3 Å². The average Bonchev–Trinajstić information content (AvgIpc) is 3.25. The molecule has 134 valence electrons. The molecule has 8 nitrogen and oxygen atoms in total. The van der Waals surface area contributed by atoms with Gasteiger partial charge in [0.05, 0.1) is 17.6 Å². The lowest BCUT2D eigenvalue weighted by molar-refractivity contribution is -0.111. The maximum atomic E-state index is 11.8. The maximum Gasteiger partial charge on any atom is 0.269 e. The Hall–Kier alpha value is -2.61. The Labute approximate surface area is 147 Å². The number of nitrogens with two attached hydrogens (primary N) is 1. The van der Waals surface area contributed by atoms with Crippen molar-refractivity contribution in [1.29, 1.82) is 0 Å². The van der Waals surface area contributed by atoms with Crippen molar-refractivity contribution in [2.75, 3.05) is 18.4 Å². The number of piperidine rings is 1. The summed E-state index contributed by atoms with van der Waals surface area (Å²) in [5, 5.41) is 13.0. The minimum atomic E-state index is -0.621. The van der Waals surface area contributed by atoms with Crippen LogP contribution in [0.15, 0.2) is 41.6 Å². The van der Waals surface area contributed by atoms with Crippen LogP contribution in [0.2, 0.25) is 0 Å². The topological polar surface area (TPSA) is 111 Å². The molecule has 0 saturated carbocycles. The fourth-order valence-electron chi connectivity index (χ4n) is 3.58. The number of carbonyl (C=O) groups excluding carboxylic acids is 1. The molecule has 3 heterocycles. The van der Waals surface area contributed by atoms with Gasteiger partial charge in [-0.3, -0.25) is 9.89 Å². The first kappa shape index (κ1) is 17.2. The van der Waals surface area contributed by atoms with Gasteiger partial charge < -0.3 is 21.3 Å². The van der Waals surface area contributed by atoms with Gasteiger partial charge in [-0.15, -0.1) is 0 Å². The number of amides is 1. The van der Waals surface area contributed by atoms with Gasteiger partial charge in [0.2, 0.25) is 0 Å². The molecule has 2 unspecified atom stereocenters. The van der Waals surface area contributed by atoms with Crippen molar-refractivity contribution >= 4 is 17.3 Å². The number of carbonyl (C=O) groups is 1. The molecule has 2 aliphatic rings. The molecule has 0 aromatic carbocycles. The molecule has 1 aromatic rings. The van der Waals surface area contributed by atoms with Gasteiger partial charge >= 0.3 is 0 Å². The molecule has 1 amide bonds. The van der Waals surface area contributed by atoms with Crippen molar-refractivity contribution in [2.45, 2.75) is 38.3 Å². The van der Waals surface area contributed by atoms with Crippen LogP contribution in [0, 0.1) is 0 Å². The lowest BCUT2D eigenvalue weighted by Crippen LogP contribution is -2.47. The highest BCUT2D eigenvalue weighted by Gasteiger charge is 2.34. The number of aliphatic imine (C=N–C) groups is 1. The highest BCUT2D eigenvalue weighted by molar-refractivity contribution is 6.45. The number of hydrogen-bond donors (Lipinski definition) is 4. The summed E-state index contributed by atoms with van der Waals surface area (Å²) in [4.78, 5) is 18.5. The number of rotatable bonds is 6. The number of hydrogen-bond acceptors (Lipinski definition) is 6. The molecular weight excluding hydrogens is 318 g/mol. The number of H-pyrrole nitrogens is 1. The van der Waals surface area contributed by atoms with Crippen molar-refractivity contribution in [3.05, 3.63) is 36.6 Å². The normalized spacial score (nSPS) is 24.1. The van der Waals surface area contributed by atoms with E-state index in [1.807, 2.05) is 6.92 Å². The summed E-state index contributed by atoms with van der Waals surface area (Å²) in [6.07, 6.45) is 8.47. The van der Waals surface area contributed by atoms with Gasteiger partial charge in [-0.1, -0.05) is 6.58 Å². The van der Waals surface area contributed by atoms with Crippen LogP contribution in [0.5, 0.6) is 0 Å². The first-order valence-electron chi connectivity index (χ1n) is 8.55. The Kier molecular flexibility index (Phi) is 5.18. The third kappa shape index (κ3) is 3.90. The Bertz CT molecular complexity index is 692. The van der Waals surface area contributed by atoms with E-state index >= 15 is 0 Å². The van der Waals surface area contributed by atoms with Gasteiger partial charge in [-0.25, -0.2) is 4.99 Å². The predicted octanol–water partition coefficient (Wildman–Crippen LogP) is 0.949. The first-order valence-corrected chi connectivity index (χ1v) is 8.55. The molecule has 5 N–H and O–H groups in total. The molecule has 0 radical (unpaired) electrons. The monoisotopic (exact) mass is 343 g/mol. The number of primary amides is 1. The van der Waals surface area contributed by atoms with Gasteiger partial charge in [0, 0.05) is 36.7 Å². The Morgan fingerprint density at radius 2 is 2.40 bits per heavy atom. The van der Waals surface area contributed by atoms with Crippen LogP contribution in [0.4, 0.5) is 5.69 Å². The highest BCUT2D eigenvalue weighted by Crippen LogP contribution is 2.27. The van der Waals surface area contributed by atoms with Crippen LogP contribution in [-0.4, -0.2) is 51.9 Å². The van der Waals surface area contributed by atoms with E-state index in [1.54, 1.807) is 18.6 Å². The second-order valence-electron chi connectivity index (χ2n) is 6.46. The van der Waals surface area contributed by atoms with Gasteiger partial charge in [0.1, 0.15) is 0 Å².